The van der Waals surface area contributed by atoms with Crippen LogP contribution in [-0.4, -0.2) is 15.4 Å². The summed E-state index contributed by atoms with van der Waals surface area (Å²) in [6.45, 7) is 2.03. The molecule has 72 valence electrons. The highest BCUT2D eigenvalue weighted by Gasteiger charge is 2.10. The van der Waals surface area contributed by atoms with Crippen LogP contribution < -0.4 is 0 Å². The minimum atomic E-state index is 0.0385. The van der Waals surface area contributed by atoms with Crippen molar-refractivity contribution in [1.82, 2.24) is 9.59 Å². The quantitative estimate of drug-likeness (QED) is 0.751. The van der Waals surface area contributed by atoms with Gasteiger partial charge >= 0.3 is 0 Å². The van der Waals surface area contributed by atoms with Crippen molar-refractivity contribution >= 4 is 28.7 Å². The van der Waals surface area contributed by atoms with Crippen molar-refractivity contribution < 1.29 is 4.79 Å². The Hall–Kier alpha value is -1.07. The highest BCUT2D eigenvalue weighted by Crippen LogP contribution is 2.15. The summed E-state index contributed by atoms with van der Waals surface area (Å²) in [5, 5.41) is 7.43. The van der Waals surface area contributed by atoms with Gasteiger partial charge in [0.1, 0.15) is 5.69 Å². The lowest BCUT2D eigenvalue weighted by molar-refractivity contribution is 0.0988. The zero-order valence-corrected chi connectivity index (χ0v) is 9.19. The van der Waals surface area contributed by atoms with Gasteiger partial charge in [-0.05, 0) is 35.5 Å². The number of aromatic nitrogens is 2. The molecule has 0 fully saturated rings. The maximum atomic E-state index is 11.6. The predicted octanol–water partition coefficient (Wildman–Crippen LogP) is 2.33. The first kappa shape index (κ1) is 9.48. The Morgan fingerprint density at radius 3 is 2.93 bits per heavy atom. The van der Waals surface area contributed by atoms with Crippen molar-refractivity contribution in [3.8, 4) is 0 Å². The van der Waals surface area contributed by atoms with Gasteiger partial charge < -0.3 is 0 Å². The molecule has 2 aromatic rings. The van der Waals surface area contributed by atoms with Crippen LogP contribution in [0.5, 0.6) is 0 Å². The summed E-state index contributed by atoms with van der Waals surface area (Å²) < 4.78 is 3.66. The number of ketones is 1. The number of rotatable bonds is 3. The molecule has 0 spiro atoms. The van der Waals surface area contributed by atoms with Crippen LogP contribution in [0.2, 0.25) is 0 Å². The molecule has 0 saturated heterocycles. The van der Waals surface area contributed by atoms with Crippen molar-refractivity contribution in [3.05, 3.63) is 33.0 Å². The molecule has 0 aliphatic rings. The fourth-order valence-corrected chi connectivity index (χ4v) is 2.32. The number of Topliss-reactive ketones (excluding diaryl/α,β-unsaturated/α-hetero) is 1. The van der Waals surface area contributed by atoms with E-state index in [2.05, 4.69) is 9.59 Å². The van der Waals surface area contributed by atoms with Crippen LogP contribution in [0.15, 0.2) is 16.8 Å². The summed E-state index contributed by atoms with van der Waals surface area (Å²) in [5.41, 5.74) is 1.53. The lowest BCUT2D eigenvalue weighted by atomic mass is 10.1. The summed E-state index contributed by atoms with van der Waals surface area (Å²) in [4.78, 5) is 12.8. The van der Waals surface area contributed by atoms with E-state index in [1.54, 1.807) is 16.7 Å². The lowest BCUT2D eigenvalue weighted by Gasteiger charge is -1.92. The third-order valence-corrected chi connectivity index (χ3v) is 3.21. The van der Waals surface area contributed by atoms with Gasteiger partial charge in [0.25, 0.3) is 0 Å². The average Bonchev–Trinajstić information content (AvgIpc) is 2.75. The SMILES string of the molecule is Cc1cc(CC(=O)c2csnn2)cs1. The third-order valence-electron chi connectivity index (χ3n) is 1.80. The average molecular weight is 224 g/mol. The van der Waals surface area contributed by atoms with Gasteiger partial charge in [0.15, 0.2) is 5.78 Å². The fourth-order valence-electron chi connectivity index (χ4n) is 1.15. The molecule has 0 N–H and O–H groups in total. The Labute approximate surface area is 89.6 Å². The van der Waals surface area contributed by atoms with E-state index in [1.807, 2.05) is 18.4 Å². The van der Waals surface area contributed by atoms with Gasteiger partial charge in [-0.25, -0.2) is 0 Å². The molecule has 0 unspecified atom stereocenters. The Kier molecular flexibility index (Phi) is 2.69. The Morgan fingerprint density at radius 1 is 1.50 bits per heavy atom. The van der Waals surface area contributed by atoms with E-state index in [-0.39, 0.29) is 5.78 Å². The van der Waals surface area contributed by atoms with Crippen LogP contribution in [-0.2, 0) is 6.42 Å². The van der Waals surface area contributed by atoms with Gasteiger partial charge in [-0.15, -0.1) is 16.4 Å². The fraction of sp³-hybridized carbons (Fsp3) is 0.222. The van der Waals surface area contributed by atoms with Crippen LogP contribution in [0.3, 0.4) is 0 Å². The first-order valence-electron chi connectivity index (χ1n) is 4.10. The molecule has 0 aromatic carbocycles. The number of carbonyl (C=O) groups is 1. The predicted molar refractivity (Wildman–Crippen MR) is 57.0 cm³/mol. The standard InChI is InChI=1S/C9H8N2OS2/c1-6-2-7(4-13-6)3-9(12)8-5-14-11-10-8/h2,4-5H,3H2,1H3. The number of nitrogens with zero attached hydrogens (tertiary/aromatic N) is 2. The maximum Gasteiger partial charge on any atom is 0.188 e. The molecule has 0 aliphatic carbocycles. The molecule has 0 aliphatic heterocycles. The molecule has 2 heterocycles. The number of hydrogen-bond donors (Lipinski definition) is 0. The van der Waals surface area contributed by atoms with Crippen molar-refractivity contribution in [1.29, 1.82) is 0 Å². The van der Waals surface area contributed by atoms with Crippen LogP contribution in [0.4, 0.5) is 0 Å². The molecule has 0 atom stereocenters. The molecule has 0 bridgehead atoms. The minimum absolute atomic E-state index is 0.0385. The van der Waals surface area contributed by atoms with E-state index >= 15 is 0 Å². The number of thiophene rings is 1. The Bertz CT molecular complexity index is 433. The molecule has 2 aromatic heterocycles. The number of carbonyl (C=O) groups excluding carboxylic acids is 1. The summed E-state index contributed by atoms with van der Waals surface area (Å²) in [6.07, 6.45) is 0.426. The number of aryl methyl sites for hydroxylation is 1. The smallest absolute Gasteiger partial charge is 0.188 e. The largest absolute Gasteiger partial charge is 0.292 e. The monoisotopic (exact) mass is 224 g/mol. The molecular weight excluding hydrogens is 216 g/mol. The van der Waals surface area contributed by atoms with Crippen molar-refractivity contribution in [2.45, 2.75) is 13.3 Å². The molecular formula is C9H8N2OS2. The lowest BCUT2D eigenvalue weighted by Crippen LogP contribution is -2.02. The Morgan fingerprint density at radius 2 is 2.36 bits per heavy atom. The second-order valence-corrected chi connectivity index (χ2v) is 4.68. The summed E-state index contributed by atoms with van der Waals surface area (Å²) in [5.74, 6) is 0.0385. The van der Waals surface area contributed by atoms with Gasteiger partial charge in [0.05, 0.1) is 0 Å². The maximum absolute atomic E-state index is 11.6. The normalized spacial score (nSPS) is 10.4. The summed E-state index contributed by atoms with van der Waals surface area (Å²) in [7, 11) is 0. The van der Waals surface area contributed by atoms with Crippen LogP contribution in [0.25, 0.3) is 0 Å². The van der Waals surface area contributed by atoms with Crippen molar-refractivity contribution in [2.75, 3.05) is 0 Å². The van der Waals surface area contributed by atoms with Crippen molar-refractivity contribution in [3.63, 3.8) is 0 Å². The molecule has 3 nitrogen and oxygen atoms in total. The molecule has 14 heavy (non-hydrogen) atoms. The van der Waals surface area contributed by atoms with E-state index in [0.717, 1.165) is 5.56 Å². The van der Waals surface area contributed by atoms with Crippen LogP contribution in [0, 0.1) is 6.92 Å². The van der Waals surface area contributed by atoms with Gasteiger partial charge in [0, 0.05) is 16.7 Å². The molecule has 5 heteroatoms. The van der Waals surface area contributed by atoms with Gasteiger partial charge in [-0.1, -0.05) is 4.49 Å². The molecule has 0 saturated carbocycles. The first-order valence-corrected chi connectivity index (χ1v) is 5.81. The summed E-state index contributed by atoms with van der Waals surface area (Å²) >= 11 is 2.86. The third kappa shape index (κ3) is 2.05. The second-order valence-electron chi connectivity index (χ2n) is 2.96. The highest BCUT2D eigenvalue weighted by molar-refractivity contribution is 7.10. The van der Waals surface area contributed by atoms with Crippen molar-refractivity contribution in [2.24, 2.45) is 0 Å². The Balaban J connectivity index is 2.09. The van der Waals surface area contributed by atoms with Crippen LogP contribution >= 0.6 is 22.9 Å². The van der Waals surface area contributed by atoms with Gasteiger partial charge in [0.2, 0.25) is 0 Å². The van der Waals surface area contributed by atoms with Crippen LogP contribution in [0.1, 0.15) is 20.9 Å². The molecule has 0 amide bonds. The second kappa shape index (κ2) is 3.98. The van der Waals surface area contributed by atoms with Gasteiger partial charge in [-0.2, -0.15) is 0 Å². The number of hydrogen-bond acceptors (Lipinski definition) is 5. The van der Waals surface area contributed by atoms with E-state index in [4.69, 9.17) is 0 Å². The zero-order chi connectivity index (χ0) is 9.97. The van der Waals surface area contributed by atoms with E-state index in [9.17, 15) is 4.79 Å². The highest BCUT2D eigenvalue weighted by atomic mass is 32.1. The minimum Gasteiger partial charge on any atom is -0.292 e. The zero-order valence-electron chi connectivity index (χ0n) is 7.56. The van der Waals surface area contributed by atoms with E-state index in [1.165, 1.54) is 16.4 Å². The van der Waals surface area contributed by atoms with E-state index < -0.39 is 0 Å². The molecule has 0 radical (unpaired) electrons. The molecule has 2 rings (SSSR count). The first-order chi connectivity index (χ1) is 6.75. The van der Waals surface area contributed by atoms with E-state index in [0.29, 0.717) is 12.1 Å². The summed E-state index contributed by atoms with van der Waals surface area (Å²) in [6, 6.07) is 2.03. The topological polar surface area (TPSA) is 42.9 Å². The van der Waals surface area contributed by atoms with Gasteiger partial charge in [-0.3, -0.25) is 4.79 Å².